The van der Waals surface area contributed by atoms with Crippen molar-refractivity contribution >= 4 is 33.1 Å². The lowest BCUT2D eigenvalue weighted by molar-refractivity contribution is 0.607. The molecule has 3 aromatic rings. The van der Waals surface area contributed by atoms with E-state index in [1.807, 2.05) is 25.1 Å². The van der Waals surface area contributed by atoms with E-state index in [1.165, 1.54) is 6.33 Å². The molecule has 0 aliphatic heterocycles. The van der Waals surface area contributed by atoms with Gasteiger partial charge in [-0.05, 0) is 32.0 Å². The number of hydrogen-bond donors (Lipinski definition) is 1. The average Bonchev–Trinajstić information content (AvgIpc) is 2.74. The molecule has 6 heteroatoms. The molecule has 0 fully saturated rings. The Bertz CT molecular complexity index is 753. The summed E-state index contributed by atoms with van der Waals surface area (Å²) in [4.78, 5) is 12.1. The Labute approximate surface area is 113 Å². The van der Waals surface area contributed by atoms with Gasteiger partial charge in [-0.15, -0.1) is 11.3 Å². The first-order valence-electron chi connectivity index (χ1n) is 5.75. The number of benzene rings is 1. The summed E-state index contributed by atoms with van der Waals surface area (Å²) in [5, 5.41) is 3.96. The number of thiazole rings is 1. The maximum Gasteiger partial charge on any atom is 0.186 e. The van der Waals surface area contributed by atoms with Gasteiger partial charge in [-0.1, -0.05) is 0 Å². The molecular weight excluding hydrogens is 263 g/mol. The third-order valence-electron chi connectivity index (χ3n) is 2.72. The number of nitrogens with zero attached hydrogens (tertiary/aromatic N) is 3. The van der Waals surface area contributed by atoms with E-state index in [2.05, 4.69) is 20.3 Å². The minimum atomic E-state index is -0.433. The number of halogens is 1. The first-order valence-corrected chi connectivity index (χ1v) is 6.56. The Morgan fingerprint density at radius 1 is 1.21 bits per heavy atom. The van der Waals surface area contributed by atoms with E-state index >= 15 is 0 Å². The summed E-state index contributed by atoms with van der Waals surface area (Å²) < 4.78 is 14.9. The third-order valence-corrected chi connectivity index (χ3v) is 3.67. The minimum Gasteiger partial charge on any atom is -0.338 e. The SMILES string of the molecule is Cc1nc2cc(Nc3ncnc(C)c3F)ccc2s1. The fourth-order valence-corrected chi connectivity index (χ4v) is 2.61. The summed E-state index contributed by atoms with van der Waals surface area (Å²) in [5.41, 5.74) is 1.98. The molecule has 3 rings (SSSR count). The Hall–Kier alpha value is -2.08. The van der Waals surface area contributed by atoms with Crippen molar-refractivity contribution in [3.05, 3.63) is 41.0 Å². The minimum absolute atomic E-state index is 0.179. The molecule has 2 aromatic heterocycles. The zero-order chi connectivity index (χ0) is 13.4. The van der Waals surface area contributed by atoms with E-state index in [9.17, 15) is 4.39 Å². The highest BCUT2D eigenvalue weighted by atomic mass is 32.1. The van der Waals surface area contributed by atoms with Crippen LogP contribution in [0.4, 0.5) is 15.9 Å². The number of aromatic nitrogens is 3. The smallest absolute Gasteiger partial charge is 0.186 e. The summed E-state index contributed by atoms with van der Waals surface area (Å²) in [6.45, 7) is 3.57. The van der Waals surface area contributed by atoms with Crippen LogP contribution >= 0.6 is 11.3 Å². The highest BCUT2D eigenvalue weighted by molar-refractivity contribution is 7.18. The van der Waals surface area contributed by atoms with Crippen LogP contribution in [0.2, 0.25) is 0 Å². The molecule has 4 nitrogen and oxygen atoms in total. The van der Waals surface area contributed by atoms with Crippen molar-refractivity contribution in [2.75, 3.05) is 5.32 Å². The molecule has 0 aliphatic carbocycles. The van der Waals surface area contributed by atoms with Crippen molar-refractivity contribution in [3.8, 4) is 0 Å². The fourth-order valence-electron chi connectivity index (χ4n) is 1.80. The van der Waals surface area contributed by atoms with Crippen molar-refractivity contribution in [3.63, 3.8) is 0 Å². The van der Waals surface area contributed by atoms with Crippen LogP contribution in [0.1, 0.15) is 10.7 Å². The van der Waals surface area contributed by atoms with Crippen LogP contribution in [-0.4, -0.2) is 15.0 Å². The summed E-state index contributed by atoms with van der Waals surface area (Å²) in [6, 6.07) is 5.74. The largest absolute Gasteiger partial charge is 0.338 e. The second kappa shape index (κ2) is 4.55. The van der Waals surface area contributed by atoms with Gasteiger partial charge in [0.05, 0.1) is 20.9 Å². The molecule has 0 aliphatic rings. The summed E-state index contributed by atoms with van der Waals surface area (Å²) in [7, 11) is 0. The molecule has 0 amide bonds. The van der Waals surface area contributed by atoms with Gasteiger partial charge in [-0.25, -0.2) is 19.3 Å². The first-order chi connectivity index (χ1) is 9.13. The lowest BCUT2D eigenvalue weighted by Crippen LogP contribution is -2.00. The van der Waals surface area contributed by atoms with Crippen LogP contribution in [0.5, 0.6) is 0 Å². The van der Waals surface area contributed by atoms with Crippen LogP contribution in [-0.2, 0) is 0 Å². The number of aryl methyl sites for hydroxylation is 2. The van der Waals surface area contributed by atoms with Crippen LogP contribution < -0.4 is 5.32 Å². The van der Waals surface area contributed by atoms with Crippen molar-refractivity contribution in [1.29, 1.82) is 0 Å². The standard InChI is InChI=1S/C13H11FN4S/c1-7-12(14)13(16-6-15-7)18-9-3-4-11-10(5-9)17-8(2)19-11/h3-6H,1-2H3,(H,15,16,18). The molecule has 0 bridgehead atoms. The number of fused-ring (bicyclic) bond motifs is 1. The molecular formula is C13H11FN4S. The van der Waals surface area contributed by atoms with Crippen molar-refractivity contribution < 1.29 is 4.39 Å². The molecule has 19 heavy (non-hydrogen) atoms. The molecule has 0 saturated heterocycles. The summed E-state index contributed by atoms with van der Waals surface area (Å²) in [5.74, 6) is -0.254. The molecule has 0 radical (unpaired) electrons. The van der Waals surface area contributed by atoms with Gasteiger partial charge in [-0.2, -0.15) is 0 Å². The summed E-state index contributed by atoms with van der Waals surface area (Å²) >= 11 is 1.63. The molecule has 1 aromatic carbocycles. The normalized spacial score (nSPS) is 10.9. The zero-order valence-corrected chi connectivity index (χ0v) is 11.3. The van der Waals surface area contributed by atoms with Crippen LogP contribution in [0, 0.1) is 19.7 Å². The van der Waals surface area contributed by atoms with Gasteiger partial charge >= 0.3 is 0 Å². The quantitative estimate of drug-likeness (QED) is 0.776. The molecule has 0 saturated carbocycles. The molecule has 0 atom stereocenters. The lowest BCUT2D eigenvalue weighted by atomic mass is 10.3. The van der Waals surface area contributed by atoms with Crippen LogP contribution in [0.25, 0.3) is 10.2 Å². The van der Waals surface area contributed by atoms with Crippen LogP contribution in [0.15, 0.2) is 24.5 Å². The maximum absolute atomic E-state index is 13.8. The Kier molecular flexibility index (Phi) is 2.87. The van der Waals surface area contributed by atoms with Gasteiger partial charge in [-0.3, -0.25) is 0 Å². The number of anilines is 2. The second-order valence-corrected chi connectivity index (χ2v) is 5.40. The van der Waals surface area contributed by atoms with Gasteiger partial charge in [0.2, 0.25) is 0 Å². The van der Waals surface area contributed by atoms with Gasteiger partial charge in [0.1, 0.15) is 6.33 Å². The predicted octanol–water partition coefficient (Wildman–Crippen LogP) is 3.59. The highest BCUT2D eigenvalue weighted by Crippen LogP contribution is 2.26. The van der Waals surface area contributed by atoms with Crippen molar-refractivity contribution in [1.82, 2.24) is 15.0 Å². The third kappa shape index (κ3) is 2.26. The highest BCUT2D eigenvalue weighted by Gasteiger charge is 2.08. The first kappa shape index (κ1) is 12.0. The van der Waals surface area contributed by atoms with Crippen molar-refractivity contribution in [2.45, 2.75) is 13.8 Å². The van der Waals surface area contributed by atoms with Gasteiger partial charge in [0.25, 0.3) is 0 Å². The molecule has 96 valence electrons. The number of hydrogen-bond acceptors (Lipinski definition) is 5. The molecule has 0 unspecified atom stereocenters. The predicted molar refractivity (Wildman–Crippen MR) is 74.4 cm³/mol. The van der Waals surface area contributed by atoms with Crippen LogP contribution in [0.3, 0.4) is 0 Å². The van der Waals surface area contributed by atoms with Gasteiger partial charge in [0.15, 0.2) is 11.6 Å². The Morgan fingerprint density at radius 3 is 2.89 bits per heavy atom. The van der Waals surface area contributed by atoms with E-state index in [-0.39, 0.29) is 5.82 Å². The second-order valence-electron chi connectivity index (χ2n) is 4.16. The van der Waals surface area contributed by atoms with E-state index in [1.54, 1.807) is 18.3 Å². The Balaban J connectivity index is 1.98. The monoisotopic (exact) mass is 274 g/mol. The molecule has 2 heterocycles. The molecule has 1 N–H and O–H groups in total. The van der Waals surface area contributed by atoms with Gasteiger partial charge < -0.3 is 5.32 Å². The topological polar surface area (TPSA) is 50.7 Å². The number of nitrogens with one attached hydrogen (secondary N) is 1. The fraction of sp³-hybridized carbons (Fsp3) is 0.154. The Morgan fingerprint density at radius 2 is 2.05 bits per heavy atom. The zero-order valence-electron chi connectivity index (χ0n) is 10.4. The average molecular weight is 274 g/mol. The van der Waals surface area contributed by atoms with E-state index in [0.29, 0.717) is 5.69 Å². The van der Waals surface area contributed by atoms with E-state index in [0.717, 1.165) is 20.9 Å². The maximum atomic E-state index is 13.8. The summed E-state index contributed by atoms with van der Waals surface area (Å²) in [6.07, 6.45) is 1.34. The van der Waals surface area contributed by atoms with Gasteiger partial charge in [0, 0.05) is 5.69 Å². The lowest BCUT2D eigenvalue weighted by Gasteiger charge is -2.07. The van der Waals surface area contributed by atoms with E-state index < -0.39 is 5.82 Å². The van der Waals surface area contributed by atoms with Crippen molar-refractivity contribution in [2.24, 2.45) is 0 Å². The molecule has 0 spiro atoms. The number of rotatable bonds is 2. The van der Waals surface area contributed by atoms with E-state index in [4.69, 9.17) is 0 Å².